The van der Waals surface area contributed by atoms with Gasteiger partial charge in [0, 0.05) is 17.1 Å². The van der Waals surface area contributed by atoms with Gasteiger partial charge in [-0.05, 0) is 54.2 Å². The molecule has 0 heterocycles. The summed E-state index contributed by atoms with van der Waals surface area (Å²) >= 11 is 5.94. The van der Waals surface area contributed by atoms with Crippen LogP contribution in [0, 0.1) is 5.92 Å². The molecule has 2 aromatic rings. The lowest BCUT2D eigenvalue weighted by Crippen LogP contribution is -2.38. The molecule has 4 N–H and O–H groups in total. The first kappa shape index (κ1) is 17.3. The van der Waals surface area contributed by atoms with Crippen LogP contribution < -0.4 is 16.4 Å². The van der Waals surface area contributed by atoms with Crippen LogP contribution in [0.15, 0.2) is 48.5 Å². The van der Waals surface area contributed by atoms with Crippen molar-refractivity contribution < 1.29 is 9.59 Å². The quantitative estimate of drug-likeness (QED) is 0.740. The van der Waals surface area contributed by atoms with E-state index in [1.807, 2.05) is 30.3 Å². The summed E-state index contributed by atoms with van der Waals surface area (Å²) in [6.45, 7) is 0.324. The molecule has 1 atom stereocenters. The van der Waals surface area contributed by atoms with Gasteiger partial charge in [-0.15, -0.1) is 0 Å². The predicted octanol–water partition coefficient (Wildman–Crippen LogP) is 3.39. The third-order valence-corrected chi connectivity index (χ3v) is 4.53. The summed E-state index contributed by atoms with van der Waals surface area (Å²) in [5, 5.41) is 6.55. The highest BCUT2D eigenvalue weighted by atomic mass is 35.5. The number of amides is 3. The maximum Gasteiger partial charge on any atom is 0.315 e. The van der Waals surface area contributed by atoms with Crippen LogP contribution in [0.5, 0.6) is 0 Å². The van der Waals surface area contributed by atoms with E-state index in [1.165, 1.54) is 0 Å². The first-order valence-corrected chi connectivity index (χ1v) is 8.59. The fourth-order valence-corrected chi connectivity index (χ4v) is 2.91. The lowest BCUT2D eigenvalue weighted by atomic mass is 10.0. The largest absolute Gasteiger partial charge is 0.366 e. The summed E-state index contributed by atoms with van der Waals surface area (Å²) in [5.74, 6) is -0.0204. The van der Waals surface area contributed by atoms with Crippen molar-refractivity contribution in [3.05, 3.63) is 70.2 Å². The van der Waals surface area contributed by atoms with Crippen molar-refractivity contribution in [3.8, 4) is 0 Å². The van der Waals surface area contributed by atoms with Crippen molar-refractivity contribution in [2.24, 2.45) is 11.7 Å². The molecule has 3 rings (SSSR count). The van der Waals surface area contributed by atoms with Crippen LogP contribution in [0.4, 0.5) is 4.79 Å². The Bertz CT molecular complexity index is 772. The molecule has 1 aliphatic carbocycles. The minimum absolute atomic E-state index is 0.0192. The van der Waals surface area contributed by atoms with E-state index in [4.69, 9.17) is 17.3 Å². The molecule has 25 heavy (non-hydrogen) atoms. The zero-order chi connectivity index (χ0) is 17.8. The summed E-state index contributed by atoms with van der Waals surface area (Å²) in [4.78, 5) is 23.5. The number of halogens is 1. The van der Waals surface area contributed by atoms with Crippen molar-refractivity contribution in [1.82, 2.24) is 10.6 Å². The number of rotatable bonds is 6. The highest BCUT2D eigenvalue weighted by molar-refractivity contribution is 6.30. The van der Waals surface area contributed by atoms with Gasteiger partial charge in [-0.2, -0.15) is 0 Å². The Morgan fingerprint density at radius 3 is 2.52 bits per heavy atom. The number of primary amides is 1. The molecular weight excluding hydrogens is 338 g/mol. The van der Waals surface area contributed by atoms with Crippen LogP contribution in [-0.2, 0) is 6.54 Å². The van der Waals surface area contributed by atoms with E-state index in [-0.39, 0.29) is 12.1 Å². The molecule has 0 aromatic heterocycles. The molecule has 1 saturated carbocycles. The first-order valence-electron chi connectivity index (χ1n) is 8.21. The summed E-state index contributed by atoms with van der Waals surface area (Å²) in [5.41, 5.74) is 7.57. The van der Waals surface area contributed by atoms with Crippen LogP contribution >= 0.6 is 11.6 Å². The average molecular weight is 358 g/mol. The van der Waals surface area contributed by atoms with E-state index in [1.54, 1.807) is 18.2 Å². The maximum absolute atomic E-state index is 12.3. The molecule has 130 valence electrons. The second-order valence-electron chi connectivity index (χ2n) is 6.26. The SMILES string of the molecule is NC(=O)c1cccc(CNC(=O)NC(c2ccc(Cl)cc2)C2CC2)c1. The van der Waals surface area contributed by atoms with Gasteiger partial charge in [-0.25, -0.2) is 4.79 Å². The van der Waals surface area contributed by atoms with Crippen molar-refractivity contribution in [2.75, 3.05) is 0 Å². The van der Waals surface area contributed by atoms with E-state index < -0.39 is 5.91 Å². The lowest BCUT2D eigenvalue weighted by molar-refractivity contribution is 0.1000. The third-order valence-electron chi connectivity index (χ3n) is 4.27. The molecule has 0 aliphatic heterocycles. The molecule has 1 fully saturated rings. The molecule has 3 amide bonds. The summed E-state index contributed by atoms with van der Waals surface area (Å²) < 4.78 is 0. The summed E-state index contributed by atoms with van der Waals surface area (Å²) in [6, 6.07) is 14.2. The first-order chi connectivity index (χ1) is 12.0. The number of hydrogen-bond donors (Lipinski definition) is 3. The smallest absolute Gasteiger partial charge is 0.315 e. The fraction of sp³-hybridized carbons (Fsp3) is 0.263. The van der Waals surface area contributed by atoms with Crippen LogP contribution in [0.2, 0.25) is 5.02 Å². The molecule has 1 unspecified atom stereocenters. The molecule has 0 saturated heterocycles. The highest BCUT2D eigenvalue weighted by Crippen LogP contribution is 2.41. The third kappa shape index (κ3) is 4.73. The number of carbonyl (C=O) groups excluding carboxylic acids is 2. The van der Waals surface area contributed by atoms with Gasteiger partial charge < -0.3 is 16.4 Å². The maximum atomic E-state index is 12.3. The van der Waals surface area contributed by atoms with Crippen LogP contribution in [0.1, 0.15) is 40.4 Å². The van der Waals surface area contributed by atoms with Crippen molar-refractivity contribution in [3.63, 3.8) is 0 Å². The normalized spacial score (nSPS) is 14.6. The highest BCUT2D eigenvalue weighted by Gasteiger charge is 2.33. The van der Waals surface area contributed by atoms with E-state index in [2.05, 4.69) is 10.6 Å². The standard InChI is InChI=1S/C19H20ClN3O2/c20-16-8-6-14(7-9-16)17(13-4-5-13)23-19(25)22-11-12-2-1-3-15(10-12)18(21)24/h1-3,6-10,13,17H,4-5,11H2,(H2,21,24)(H2,22,23,25). The zero-order valence-electron chi connectivity index (χ0n) is 13.7. The molecule has 2 aromatic carbocycles. The predicted molar refractivity (Wildman–Crippen MR) is 97.2 cm³/mol. The van der Waals surface area contributed by atoms with Gasteiger partial charge in [0.2, 0.25) is 5.91 Å². The van der Waals surface area contributed by atoms with E-state index in [0.29, 0.717) is 23.0 Å². The molecule has 1 aliphatic rings. The van der Waals surface area contributed by atoms with Gasteiger partial charge in [0.15, 0.2) is 0 Å². The Balaban J connectivity index is 1.60. The van der Waals surface area contributed by atoms with Crippen molar-refractivity contribution in [1.29, 1.82) is 0 Å². The summed E-state index contributed by atoms with van der Waals surface area (Å²) in [6.07, 6.45) is 2.21. The molecule has 5 nitrogen and oxygen atoms in total. The average Bonchev–Trinajstić information content (AvgIpc) is 3.44. The molecule has 6 heteroatoms. The number of carbonyl (C=O) groups is 2. The van der Waals surface area contributed by atoms with Gasteiger partial charge >= 0.3 is 6.03 Å². The minimum Gasteiger partial charge on any atom is -0.366 e. The van der Waals surface area contributed by atoms with E-state index in [9.17, 15) is 9.59 Å². The van der Waals surface area contributed by atoms with Crippen molar-refractivity contribution >= 4 is 23.5 Å². The Kier molecular flexibility index (Phi) is 5.24. The van der Waals surface area contributed by atoms with Crippen molar-refractivity contribution in [2.45, 2.75) is 25.4 Å². The Hall–Kier alpha value is -2.53. The number of hydrogen-bond acceptors (Lipinski definition) is 2. The molecular formula is C19H20ClN3O2. The topological polar surface area (TPSA) is 84.2 Å². The van der Waals surface area contributed by atoms with Gasteiger partial charge in [0.1, 0.15) is 0 Å². The van der Waals surface area contributed by atoms with Crippen LogP contribution in [0.3, 0.4) is 0 Å². The number of nitrogens with two attached hydrogens (primary N) is 1. The van der Waals surface area contributed by atoms with Crippen LogP contribution in [-0.4, -0.2) is 11.9 Å². The second kappa shape index (κ2) is 7.57. The lowest BCUT2D eigenvalue weighted by Gasteiger charge is -2.19. The number of nitrogens with one attached hydrogen (secondary N) is 2. The Morgan fingerprint density at radius 1 is 1.16 bits per heavy atom. The zero-order valence-corrected chi connectivity index (χ0v) is 14.4. The molecule has 0 spiro atoms. The van der Waals surface area contributed by atoms with Gasteiger partial charge in [0.05, 0.1) is 6.04 Å². The molecule has 0 bridgehead atoms. The van der Waals surface area contributed by atoms with Gasteiger partial charge in [-0.1, -0.05) is 35.9 Å². The fourth-order valence-electron chi connectivity index (χ4n) is 2.78. The minimum atomic E-state index is -0.483. The van der Waals surface area contributed by atoms with Crippen LogP contribution in [0.25, 0.3) is 0 Å². The Labute approximate surface area is 151 Å². The molecule has 0 radical (unpaired) electrons. The number of benzene rings is 2. The summed E-state index contributed by atoms with van der Waals surface area (Å²) in [7, 11) is 0. The Morgan fingerprint density at radius 2 is 1.88 bits per heavy atom. The van der Waals surface area contributed by atoms with E-state index in [0.717, 1.165) is 24.0 Å². The monoisotopic (exact) mass is 357 g/mol. The number of urea groups is 1. The second-order valence-corrected chi connectivity index (χ2v) is 6.69. The van der Waals surface area contributed by atoms with Gasteiger partial charge in [-0.3, -0.25) is 4.79 Å². The van der Waals surface area contributed by atoms with E-state index >= 15 is 0 Å². The van der Waals surface area contributed by atoms with Gasteiger partial charge in [0.25, 0.3) is 0 Å².